The van der Waals surface area contributed by atoms with E-state index < -0.39 is 92.1 Å². The second kappa shape index (κ2) is 9.39. The van der Waals surface area contributed by atoms with Crippen molar-refractivity contribution in [3.8, 4) is 51.7 Å². The van der Waals surface area contributed by atoms with Crippen LogP contribution in [0.3, 0.4) is 0 Å². The number of aliphatic hydroxyl groups is 4. The number of phenolic OH excluding ortho intramolecular Hbond substituents is 7. The zero-order valence-electron chi connectivity index (χ0n) is 20.8. The van der Waals surface area contributed by atoms with Crippen LogP contribution in [-0.4, -0.2) is 100.0 Å². The highest BCUT2D eigenvalue weighted by Crippen LogP contribution is 2.59. The van der Waals surface area contributed by atoms with Crippen LogP contribution in [0.5, 0.6) is 51.7 Å². The van der Waals surface area contributed by atoms with E-state index in [1.807, 2.05) is 0 Å². The fourth-order valence-electron chi connectivity index (χ4n) is 5.48. The minimum atomic E-state index is -3.34. The number of hydrogen-bond acceptors (Lipinski definition) is 15. The summed E-state index contributed by atoms with van der Waals surface area (Å²) in [5.74, 6) is -18.9. The number of piperidine rings is 1. The molecule has 0 saturated carbocycles. The lowest BCUT2D eigenvalue weighted by atomic mass is 9.77. The molecule has 4 rings (SSSR count). The molecule has 2 aromatic carbocycles. The number of fused-ring (bicyclic) bond motifs is 1. The molecule has 0 spiro atoms. The Kier molecular flexibility index (Phi) is 6.77. The number of aromatic hydroxyl groups is 7. The van der Waals surface area contributed by atoms with Gasteiger partial charge in [-0.05, 0) is 25.9 Å². The lowest BCUT2D eigenvalue weighted by Crippen LogP contribution is -2.56. The van der Waals surface area contributed by atoms with Crippen LogP contribution >= 0.6 is 0 Å². The molecular weight excluding hydrogens is 526 g/mol. The molecule has 1 aliphatic carbocycles. The number of carbonyl (C=O) groups is 1. The predicted molar refractivity (Wildman–Crippen MR) is 127 cm³/mol. The predicted octanol–water partition coefficient (Wildman–Crippen LogP) is -0.814. The smallest absolute Gasteiger partial charge is 0.210 e. The highest BCUT2D eigenvalue weighted by Gasteiger charge is 2.64. The van der Waals surface area contributed by atoms with Gasteiger partial charge in [0.25, 0.3) is 0 Å². The monoisotopic (exact) mass is 555 g/mol. The first-order valence-corrected chi connectivity index (χ1v) is 11.7. The Bertz CT molecular complexity index is 1300. The van der Waals surface area contributed by atoms with Gasteiger partial charge in [0.15, 0.2) is 34.6 Å². The number of likely N-dealkylation sites (tertiary alicyclic amines) is 1. The van der Waals surface area contributed by atoms with Gasteiger partial charge >= 0.3 is 0 Å². The van der Waals surface area contributed by atoms with E-state index in [1.54, 1.807) is 4.90 Å². The van der Waals surface area contributed by atoms with E-state index in [2.05, 4.69) is 0 Å². The summed E-state index contributed by atoms with van der Waals surface area (Å²) in [4.78, 5) is 14.9. The lowest BCUT2D eigenvalue weighted by molar-refractivity contribution is -0.309. The van der Waals surface area contributed by atoms with Crippen LogP contribution in [0.2, 0.25) is 0 Å². The number of phenols is 7. The van der Waals surface area contributed by atoms with Crippen molar-refractivity contribution in [3.05, 3.63) is 16.7 Å². The zero-order chi connectivity index (χ0) is 29.2. The number of nitrogens with zero attached hydrogens (tertiary/aromatic N) is 1. The zero-order valence-corrected chi connectivity index (χ0v) is 20.8. The minimum absolute atomic E-state index is 0.0463. The van der Waals surface area contributed by atoms with Gasteiger partial charge in [-0.1, -0.05) is 0 Å². The van der Waals surface area contributed by atoms with Crippen molar-refractivity contribution in [1.82, 2.24) is 4.90 Å². The topological polar surface area (TPSA) is 261 Å². The summed E-state index contributed by atoms with van der Waals surface area (Å²) < 4.78 is 9.92. The summed E-state index contributed by atoms with van der Waals surface area (Å²) in [7, 11) is 2.19. The van der Waals surface area contributed by atoms with Crippen molar-refractivity contribution < 1.29 is 70.4 Å². The molecule has 15 heteroatoms. The van der Waals surface area contributed by atoms with E-state index >= 15 is 0 Å². The second-order valence-electron chi connectivity index (χ2n) is 9.59. The fraction of sp³-hybridized carbons (Fsp3) is 0.458. The van der Waals surface area contributed by atoms with E-state index in [0.717, 1.165) is 14.2 Å². The summed E-state index contributed by atoms with van der Waals surface area (Å²) in [5, 5.41) is 115. The Morgan fingerprint density at radius 2 is 1.26 bits per heavy atom. The molecule has 1 atom stereocenters. The molecule has 2 aromatic rings. The van der Waals surface area contributed by atoms with Crippen LogP contribution in [0.25, 0.3) is 0 Å². The van der Waals surface area contributed by atoms with E-state index in [1.165, 1.54) is 0 Å². The molecule has 1 fully saturated rings. The van der Waals surface area contributed by atoms with Crippen molar-refractivity contribution in [1.29, 1.82) is 0 Å². The Morgan fingerprint density at radius 3 is 1.74 bits per heavy atom. The summed E-state index contributed by atoms with van der Waals surface area (Å²) in [5.41, 5.74) is -1.96. The van der Waals surface area contributed by atoms with Gasteiger partial charge in [0.2, 0.25) is 34.5 Å². The first kappa shape index (κ1) is 28.1. The van der Waals surface area contributed by atoms with E-state index in [0.29, 0.717) is 0 Å². The van der Waals surface area contributed by atoms with Gasteiger partial charge in [-0.2, -0.15) is 0 Å². The summed E-state index contributed by atoms with van der Waals surface area (Å²) in [6.07, 6.45) is -0.128. The summed E-state index contributed by atoms with van der Waals surface area (Å²) in [6.45, 7) is -0.149. The Hall–Kier alpha value is -3.89. The van der Waals surface area contributed by atoms with Crippen molar-refractivity contribution >= 4 is 5.78 Å². The van der Waals surface area contributed by atoms with Gasteiger partial charge < -0.3 is 65.6 Å². The molecule has 11 N–H and O–H groups in total. The van der Waals surface area contributed by atoms with Gasteiger partial charge in [-0.15, -0.1) is 0 Å². The summed E-state index contributed by atoms with van der Waals surface area (Å²) >= 11 is 0. The molecule has 15 nitrogen and oxygen atoms in total. The third kappa shape index (κ3) is 3.97. The molecule has 2 aliphatic rings. The molecule has 214 valence electrons. The number of ether oxygens (including phenoxy) is 2. The molecule has 0 amide bonds. The first-order valence-electron chi connectivity index (χ1n) is 11.7. The largest absolute Gasteiger partial charge is 0.504 e. The number of ketones is 1. The maximum Gasteiger partial charge on any atom is 0.210 e. The van der Waals surface area contributed by atoms with Crippen LogP contribution < -0.4 is 9.47 Å². The van der Waals surface area contributed by atoms with Gasteiger partial charge in [0, 0.05) is 12.5 Å². The van der Waals surface area contributed by atoms with Crippen LogP contribution in [0.15, 0.2) is 0 Å². The van der Waals surface area contributed by atoms with Crippen LogP contribution in [0.1, 0.15) is 34.3 Å². The maximum absolute atomic E-state index is 13.3. The number of hydrogen-bond donors (Lipinski definition) is 11. The van der Waals surface area contributed by atoms with E-state index in [4.69, 9.17) is 9.47 Å². The van der Waals surface area contributed by atoms with E-state index in [-0.39, 0.29) is 38.0 Å². The van der Waals surface area contributed by atoms with Crippen molar-refractivity contribution in [2.75, 3.05) is 27.3 Å². The highest BCUT2D eigenvalue weighted by molar-refractivity contribution is 6.08. The Labute approximate surface area is 220 Å². The first-order chi connectivity index (χ1) is 18.1. The molecule has 1 unspecified atom stereocenters. The minimum Gasteiger partial charge on any atom is -0.504 e. The van der Waals surface area contributed by atoms with Gasteiger partial charge in [0.1, 0.15) is 5.92 Å². The second-order valence-corrected chi connectivity index (χ2v) is 9.59. The summed E-state index contributed by atoms with van der Waals surface area (Å²) in [6, 6.07) is 0. The molecular formula is C24H29NO14. The fourth-order valence-corrected chi connectivity index (χ4v) is 5.48. The van der Waals surface area contributed by atoms with Crippen molar-refractivity contribution in [2.24, 2.45) is 11.8 Å². The SMILES string of the molecule is COc1c(O)c2c(c(O)c1OC)C(O)(O)C(C(O)(O)C1CCN(Cc3c(O)c(O)c(O)c(O)c3O)CC1)C2=O. The van der Waals surface area contributed by atoms with Crippen molar-refractivity contribution in [2.45, 2.75) is 31.0 Å². The molecule has 1 heterocycles. The molecule has 0 bridgehead atoms. The third-order valence-corrected chi connectivity index (χ3v) is 7.51. The maximum atomic E-state index is 13.3. The third-order valence-electron chi connectivity index (χ3n) is 7.51. The molecule has 1 saturated heterocycles. The van der Waals surface area contributed by atoms with E-state index in [9.17, 15) is 61.0 Å². The molecule has 0 aromatic heterocycles. The highest BCUT2D eigenvalue weighted by atomic mass is 16.5. The normalized spacial score (nSPS) is 19.7. The quantitative estimate of drug-likeness (QED) is 0.118. The number of Topliss-reactive ketones (excluding diaryl/α,β-unsaturated/α-hetero) is 1. The lowest BCUT2D eigenvalue weighted by Gasteiger charge is -2.43. The Morgan fingerprint density at radius 1 is 0.795 bits per heavy atom. The van der Waals surface area contributed by atoms with Gasteiger partial charge in [0.05, 0.1) is 30.9 Å². The Balaban J connectivity index is 1.60. The number of rotatable bonds is 6. The average molecular weight is 555 g/mol. The van der Waals surface area contributed by atoms with Crippen LogP contribution in [0, 0.1) is 11.8 Å². The molecule has 0 radical (unpaired) electrons. The van der Waals surface area contributed by atoms with Gasteiger partial charge in [-0.25, -0.2) is 0 Å². The van der Waals surface area contributed by atoms with Crippen LogP contribution in [0.4, 0.5) is 0 Å². The number of carbonyl (C=O) groups excluding carboxylic acids is 1. The number of benzene rings is 2. The average Bonchev–Trinajstić information content (AvgIpc) is 3.11. The van der Waals surface area contributed by atoms with Crippen molar-refractivity contribution in [3.63, 3.8) is 0 Å². The standard InChI is InChI=1S/C24H29NO14/c1-38-20-14(28)10-11(16(30)21(20)39-2)24(36,37)22(15(10)29)23(34,35)8-3-5-25(6-4-8)7-9-12(26)17(31)19(33)18(32)13(9)27/h8,22,26-28,30-37H,3-7H2,1-2H3. The van der Waals surface area contributed by atoms with Gasteiger partial charge in [-0.3, -0.25) is 9.69 Å². The van der Waals surface area contributed by atoms with Crippen LogP contribution in [-0.2, 0) is 12.3 Å². The number of methoxy groups -OCH3 is 2. The molecule has 1 aliphatic heterocycles. The molecule has 39 heavy (non-hydrogen) atoms.